The van der Waals surface area contributed by atoms with Gasteiger partial charge in [0.05, 0.1) is 18.4 Å². The molecule has 0 unspecified atom stereocenters. The lowest BCUT2D eigenvalue weighted by atomic mass is 10.1. The van der Waals surface area contributed by atoms with E-state index >= 15 is 0 Å². The van der Waals surface area contributed by atoms with Crippen LogP contribution in [0.4, 0.5) is 0 Å². The predicted molar refractivity (Wildman–Crippen MR) is 76.9 cm³/mol. The maximum absolute atomic E-state index is 12.4. The maximum Gasteiger partial charge on any atom is 0.257 e. The highest BCUT2D eigenvalue weighted by Gasteiger charge is 2.19. The van der Waals surface area contributed by atoms with Gasteiger partial charge in [0.1, 0.15) is 5.75 Å². The Morgan fingerprint density at radius 1 is 1.30 bits per heavy atom. The summed E-state index contributed by atoms with van der Waals surface area (Å²) < 4.78 is 5.12. The van der Waals surface area contributed by atoms with Crippen molar-refractivity contribution in [2.75, 3.05) is 14.2 Å². The van der Waals surface area contributed by atoms with Crippen molar-refractivity contribution in [2.24, 2.45) is 0 Å². The topological polar surface area (TPSA) is 58.2 Å². The SMILES string of the molecule is COc1ccc(CN(C)C(=O)c2c(C)n[nH]c2C)cc1. The Hall–Kier alpha value is -2.30. The molecule has 0 aliphatic rings. The number of H-pyrrole nitrogens is 1. The quantitative estimate of drug-likeness (QED) is 0.930. The first kappa shape index (κ1) is 14.1. The lowest BCUT2D eigenvalue weighted by Crippen LogP contribution is -2.27. The van der Waals surface area contributed by atoms with Crippen molar-refractivity contribution >= 4 is 5.91 Å². The van der Waals surface area contributed by atoms with Crippen molar-refractivity contribution in [2.45, 2.75) is 20.4 Å². The fourth-order valence-electron chi connectivity index (χ4n) is 2.13. The monoisotopic (exact) mass is 273 g/mol. The van der Waals surface area contributed by atoms with Gasteiger partial charge in [-0.2, -0.15) is 5.10 Å². The Morgan fingerprint density at radius 2 is 1.95 bits per heavy atom. The molecule has 0 spiro atoms. The van der Waals surface area contributed by atoms with Crippen LogP contribution >= 0.6 is 0 Å². The molecule has 0 aliphatic heterocycles. The van der Waals surface area contributed by atoms with E-state index in [1.54, 1.807) is 19.1 Å². The summed E-state index contributed by atoms with van der Waals surface area (Å²) in [6.45, 7) is 4.24. The maximum atomic E-state index is 12.4. The molecule has 1 amide bonds. The van der Waals surface area contributed by atoms with E-state index in [2.05, 4.69) is 10.2 Å². The molecule has 0 saturated carbocycles. The van der Waals surface area contributed by atoms with Crippen LogP contribution in [0.25, 0.3) is 0 Å². The van der Waals surface area contributed by atoms with Crippen molar-refractivity contribution < 1.29 is 9.53 Å². The van der Waals surface area contributed by atoms with Crippen molar-refractivity contribution in [3.8, 4) is 5.75 Å². The Morgan fingerprint density at radius 3 is 2.45 bits per heavy atom. The molecule has 1 aromatic carbocycles. The lowest BCUT2D eigenvalue weighted by Gasteiger charge is -2.17. The molecule has 5 heteroatoms. The predicted octanol–water partition coefficient (Wildman–Crippen LogP) is 2.31. The Balaban J connectivity index is 2.11. The number of hydrogen-bond donors (Lipinski definition) is 1. The van der Waals surface area contributed by atoms with Gasteiger partial charge in [-0.3, -0.25) is 9.89 Å². The standard InChI is InChI=1S/C15H19N3O2/c1-10-14(11(2)17-16-10)15(19)18(3)9-12-5-7-13(20-4)8-6-12/h5-8H,9H2,1-4H3,(H,16,17). The Bertz CT molecular complexity index is 583. The molecule has 2 aromatic rings. The second kappa shape index (κ2) is 5.77. The van der Waals surface area contributed by atoms with E-state index in [9.17, 15) is 4.79 Å². The Kier molecular flexibility index (Phi) is 4.08. The van der Waals surface area contributed by atoms with E-state index in [1.165, 1.54) is 0 Å². The number of aromatic nitrogens is 2. The number of hydrogen-bond acceptors (Lipinski definition) is 3. The zero-order valence-corrected chi connectivity index (χ0v) is 12.2. The average molecular weight is 273 g/mol. The van der Waals surface area contributed by atoms with Gasteiger partial charge in [0, 0.05) is 19.3 Å². The molecular weight excluding hydrogens is 254 g/mol. The smallest absolute Gasteiger partial charge is 0.257 e. The molecule has 2 rings (SSSR count). The van der Waals surface area contributed by atoms with Crippen LogP contribution in [0.1, 0.15) is 27.3 Å². The van der Waals surface area contributed by atoms with Gasteiger partial charge in [-0.15, -0.1) is 0 Å². The first-order valence-corrected chi connectivity index (χ1v) is 6.43. The lowest BCUT2D eigenvalue weighted by molar-refractivity contribution is 0.0783. The molecule has 0 aliphatic carbocycles. The minimum absolute atomic E-state index is 0.0235. The van der Waals surface area contributed by atoms with Crippen LogP contribution in [-0.4, -0.2) is 35.2 Å². The summed E-state index contributed by atoms with van der Waals surface area (Å²) in [4.78, 5) is 14.1. The van der Waals surface area contributed by atoms with Crippen LogP contribution < -0.4 is 4.74 Å². The summed E-state index contributed by atoms with van der Waals surface area (Å²) in [7, 11) is 3.42. The van der Waals surface area contributed by atoms with Gasteiger partial charge in [0.15, 0.2) is 0 Å². The third-order valence-electron chi connectivity index (χ3n) is 3.27. The van der Waals surface area contributed by atoms with Crippen LogP contribution in [0.3, 0.4) is 0 Å². The van der Waals surface area contributed by atoms with Gasteiger partial charge in [0.2, 0.25) is 0 Å². The summed E-state index contributed by atoms with van der Waals surface area (Å²) >= 11 is 0. The molecular formula is C15H19N3O2. The first-order valence-electron chi connectivity index (χ1n) is 6.43. The molecule has 106 valence electrons. The second-order valence-corrected chi connectivity index (χ2v) is 4.82. The highest BCUT2D eigenvalue weighted by molar-refractivity contribution is 5.96. The highest BCUT2D eigenvalue weighted by Crippen LogP contribution is 2.16. The van der Waals surface area contributed by atoms with Crippen LogP contribution in [0.2, 0.25) is 0 Å². The zero-order valence-electron chi connectivity index (χ0n) is 12.2. The van der Waals surface area contributed by atoms with E-state index in [1.807, 2.05) is 38.1 Å². The number of ether oxygens (including phenoxy) is 1. The number of nitrogens with one attached hydrogen (secondary N) is 1. The summed E-state index contributed by atoms with van der Waals surface area (Å²) in [5, 5.41) is 6.90. The van der Waals surface area contributed by atoms with Crippen LogP contribution in [-0.2, 0) is 6.54 Å². The number of aromatic amines is 1. The molecule has 1 N–H and O–H groups in total. The van der Waals surface area contributed by atoms with E-state index in [0.29, 0.717) is 12.1 Å². The fraction of sp³-hybridized carbons (Fsp3) is 0.333. The normalized spacial score (nSPS) is 10.4. The molecule has 0 radical (unpaired) electrons. The van der Waals surface area contributed by atoms with Gasteiger partial charge in [-0.05, 0) is 31.5 Å². The van der Waals surface area contributed by atoms with E-state index in [0.717, 1.165) is 22.7 Å². The number of benzene rings is 1. The number of carbonyl (C=O) groups excluding carboxylic acids is 1. The van der Waals surface area contributed by atoms with Gasteiger partial charge >= 0.3 is 0 Å². The number of aryl methyl sites for hydroxylation is 2. The molecule has 0 atom stereocenters. The molecule has 1 heterocycles. The molecule has 5 nitrogen and oxygen atoms in total. The van der Waals surface area contributed by atoms with Crippen LogP contribution in [0.15, 0.2) is 24.3 Å². The average Bonchev–Trinajstić information content (AvgIpc) is 2.78. The van der Waals surface area contributed by atoms with E-state index in [-0.39, 0.29) is 5.91 Å². The van der Waals surface area contributed by atoms with Gasteiger partial charge < -0.3 is 9.64 Å². The number of methoxy groups -OCH3 is 1. The van der Waals surface area contributed by atoms with Crippen LogP contribution in [0, 0.1) is 13.8 Å². The number of carbonyl (C=O) groups is 1. The van der Waals surface area contributed by atoms with Gasteiger partial charge in [0.25, 0.3) is 5.91 Å². The summed E-state index contributed by atoms with van der Waals surface area (Å²) in [6, 6.07) is 7.69. The second-order valence-electron chi connectivity index (χ2n) is 4.82. The highest BCUT2D eigenvalue weighted by atomic mass is 16.5. The van der Waals surface area contributed by atoms with Gasteiger partial charge in [-0.1, -0.05) is 12.1 Å². The summed E-state index contributed by atoms with van der Waals surface area (Å²) in [5.74, 6) is 0.786. The van der Waals surface area contributed by atoms with Crippen molar-refractivity contribution in [3.05, 3.63) is 46.8 Å². The molecule has 0 bridgehead atoms. The minimum Gasteiger partial charge on any atom is -0.497 e. The van der Waals surface area contributed by atoms with E-state index < -0.39 is 0 Å². The fourth-order valence-corrected chi connectivity index (χ4v) is 2.13. The molecule has 0 saturated heterocycles. The van der Waals surface area contributed by atoms with E-state index in [4.69, 9.17) is 4.74 Å². The largest absolute Gasteiger partial charge is 0.497 e. The summed E-state index contributed by atoms with van der Waals surface area (Å²) in [6.07, 6.45) is 0. The van der Waals surface area contributed by atoms with Gasteiger partial charge in [-0.25, -0.2) is 0 Å². The number of nitrogens with zero attached hydrogens (tertiary/aromatic N) is 2. The van der Waals surface area contributed by atoms with Crippen molar-refractivity contribution in [1.82, 2.24) is 15.1 Å². The number of rotatable bonds is 4. The zero-order chi connectivity index (χ0) is 14.7. The molecule has 1 aromatic heterocycles. The third-order valence-corrected chi connectivity index (χ3v) is 3.27. The third kappa shape index (κ3) is 2.82. The summed E-state index contributed by atoms with van der Waals surface area (Å²) in [5.41, 5.74) is 3.24. The number of amides is 1. The van der Waals surface area contributed by atoms with Crippen molar-refractivity contribution in [3.63, 3.8) is 0 Å². The molecule has 20 heavy (non-hydrogen) atoms. The Labute approximate surface area is 118 Å². The molecule has 0 fully saturated rings. The minimum atomic E-state index is -0.0235. The first-order chi connectivity index (χ1) is 9.52. The van der Waals surface area contributed by atoms with Crippen LogP contribution in [0.5, 0.6) is 5.75 Å². The van der Waals surface area contributed by atoms with Crippen molar-refractivity contribution in [1.29, 1.82) is 0 Å².